The van der Waals surface area contributed by atoms with Crippen molar-refractivity contribution in [3.05, 3.63) is 81.4 Å². The first kappa shape index (κ1) is 15.6. The lowest BCUT2D eigenvalue weighted by atomic mass is 9.94. The minimum atomic E-state index is -0.967. The van der Waals surface area contributed by atoms with Gasteiger partial charge in [-0.2, -0.15) is 0 Å². The van der Waals surface area contributed by atoms with E-state index in [4.69, 9.17) is 0 Å². The van der Waals surface area contributed by atoms with Gasteiger partial charge in [-0.05, 0) is 23.3 Å². The molecule has 2 aromatic rings. The second-order valence-electron chi connectivity index (χ2n) is 5.81. The molecule has 0 radical (unpaired) electrons. The number of likely N-dealkylation sites (tertiary alicyclic amines) is 1. The lowest BCUT2D eigenvalue weighted by Crippen LogP contribution is -2.28. The fraction of sp³-hybridized carbons (Fsp3) is 0.294. The largest absolute Gasteiger partial charge is 0.292 e. The molecule has 0 bridgehead atoms. The molecular formula is C17H16F2N2O2. The van der Waals surface area contributed by atoms with Crippen molar-refractivity contribution in [2.24, 2.45) is 0 Å². The fourth-order valence-corrected chi connectivity index (χ4v) is 3.12. The number of hydrogen-bond donors (Lipinski definition) is 0. The van der Waals surface area contributed by atoms with Gasteiger partial charge in [0, 0.05) is 18.0 Å². The molecular weight excluding hydrogens is 302 g/mol. The van der Waals surface area contributed by atoms with Crippen molar-refractivity contribution in [2.75, 3.05) is 13.1 Å². The molecule has 0 amide bonds. The Hall–Kier alpha value is -2.34. The molecule has 4 nitrogen and oxygen atoms in total. The Morgan fingerprint density at radius 1 is 1.09 bits per heavy atom. The summed E-state index contributed by atoms with van der Waals surface area (Å²) in [7, 11) is 0. The zero-order valence-electron chi connectivity index (χ0n) is 12.4. The summed E-state index contributed by atoms with van der Waals surface area (Å²) in [5, 5.41) is 11.3. The Bertz CT molecular complexity index is 709. The highest BCUT2D eigenvalue weighted by molar-refractivity contribution is 5.25. The summed E-state index contributed by atoms with van der Waals surface area (Å²) < 4.78 is 26.5. The van der Waals surface area contributed by atoms with E-state index in [9.17, 15) is 18.9 Å². The van der Waals surface area contributed by atoms with Crippen molar-refractivity contribution in [3.63, 3.8) is 0 Å². The second-order valence-corrected chi connectivity index (χ2v) is 5.81. The Kier molecular flexibility index (Phi) is 4.34. The van der Waals surface area contributed by atoms with Crippen molar-refractivity contribution >= 4 is 0 Å². The van der Waals surface area contributed by atoms with Gasteiger partial charge in [0.1, 0.15) is 0 Å². The van der Waals surface area contributed by atoms with Crippen LogP contribution in [0.25, 0.3) is 0 Å². The van der Waals surface area contributed by atoms with Crippen LogP contribution in [-0.2, 0) is 6.54 Å². The number of halogens is 2. The first-order valence-corrected chi connectivity index (χ1v) is 7.39. The highest BCUT2D eigenvalue weighted by Crippen LogP contribution is 2.31. The van der Waals surface area contributed by atoms with E-state index in [1.54, 1.807) is 0 Å². The molecule has 2 atom stereocenters. The molecule has 0 N–H and O–H groups in total. The van der Waals surface area contributed by atoms with Crippen molar-refractivity contribution < 1.29 is 13.7 Å². The average Bonchev–Trinajstić information content (AvgIpc) is 2.95. The Morgan fingerprint density at radius 3 is 2.48 bits per heavy atom. The number of rotatable bonds is 4. The van der Waals surface area contributed by atoms with Crippen LogP contribution in [-0.4, -0.2) is 29.0 Å². The van der Waals surface area contributed by atoms with Gasteiger partial charge in [0.15, 0.2) is 11.6 Å². The molecule has 0 aliphatic carbocycles. The predicted molar refractivity (Wildman–Crippen MR) is 81.6 cm³/mol. The van der Waals surface area contributed by atoms with Gasteiger partial charge in [-0.15, -0.1) is 0 Å². The van der Waals surface area contributed by atoms with E-state index in [1.165, 1.54) is 6.07 Å². The number of benzene rings is 2. The van der Waals surface area contributed by atoms with Crippen LogP contribution in [0, 0.1) is 21.7 Å². The Morgan fingerprint density at radius 2 is 1.83 bits per heavy atom. The lowest BCUT2D eigenvalue weighted by Gasteiger charge is -2.15. The third-order valence-corrected chi connectivity index (χ3v) is 4.26. The standard InChI is InChI=1S/C17H16F2N2O2/c18-15-7-6-13(8-16(15)19)14-10-20(11-17(14)21(22)23)9-12-4-2-1-3-5-12/h1-8,14,17H,9-11H2. The molecule has 0 spiro atoms. The summed E-state index contributed by atoms with van der Waals surface area (Å²) in [6, 6.07) is 12.4. The van der Waals surface area contributed by atoms with Crippen LogP contribution < -0.4 is 0 Å². The summed E-state index contributed by atoms with van der Waals surface area (Å²) in [6.07, 6.45) is 0. The van der Waals surface area contributed by atoms with Crippen molar-refractivity contribution in [1.29, 1.82) is 0 Å². The molecule has 1 saturated heterocycles. The summed E-state index contributed by atoms with van der Waals surface area (Å²) in [6.45, 7) is 1.35. The van der Waals surface area contributed by atoms with E-state index < -0.39 is 23.6 Å². The fourth-order valence-electron chi connectivity index (χ4n) is 3.12. The Balaban J connectivity index is 1.81. The van der Waals surface area contributed by atoms with Crippen molar-refractivity contribution in [3.8, 4) is 0 Å². The maximum atomic E-state index is 13.4. The lowest BCUT2D eigenvalue weighted by molar-refractivity contribution is -0.521. The molecule has 1 aliphatic heterocycles. The molecule has 0 aromatic heterocycles. The first-order valence-electron chi connectivity index (χ1n) is 7.39. The van der Waals surface area contributed by atoms with Crippen LogP contribution in [0.15, 0.2) is 48.5 Å². The van der Waals surface area contributed by atoms with E-state index >= 15 is 0 Å². The maximum Gasteiger partial charge on any atom is 0.233 e. The molecule has 6 heteroatoms. The zero-order valence-corrected chi connectivity index (χ0v) is 12.4. The highest BCUT2D eigenvalue weighted by atomic mass is 19.2. The normalized spacial score (nSPS) is 21.5. The van der Waals surface area contributed by atoms with Gasteiger partial charge in [0.25, 0.3) is 0 Å². The third kappa shape index (κ3) is 3.37. The van der Waals surface area contributed by atoms with Gasteiger partial charge in [-0.25, -0.2) is 8.78 Å². The molecule has 23 heavy (non-hydrogen) atoms. The summed E-state index contributed by atoms with van der Waals surface area (Å²) >= 11 is 0. The van der Waals surface area contributed by atoms with E-state index in [0.29, 0.717) is 25.2 Å². The van der Waals surface area contributed by atoms with E-state index in [1.807, 2.05) is 35.2 Å². The van der Waals surface area contributed by atoms with Crippen molar-refractivity contribution in [1.82, 2.24) is 4.90 Å². The highest BCUT2D eigenvalue weighted by Gasteiger charge is 2.42. The summed E-state index contributed by atoms with van der Waals surface area (Å²) in [4.78, 5) is 13.0. The van der Waals surface area contributed by atoms with Gasteiger partial charge >= 0.3 is 0 Å². The molecule has 2 aromatic carbocycles. The van der Waals surface area contributed by atoms with Gasteiger partial charge in [-0.3, -0.25) is 15.0 Å². The number of nitrogens with zero attached hydrogens (tertiary/aromatic N) is 2. The predicted octanol–water partition coefficient (Wildman–Crippen LogP) is 3.21. The molecule has 3 rings (SSSR count). The smallest absolute Gasteiger partial charge is 0.233 e. The van der Waals surface area contributed by atoms with Gasteiger partial charge in [0.2, 0.25) is 6.04 Å². The van der Waals surface area contributed by atoms with Crippen LogP contribution in [0.5, 0.6) is 0 Å². The summed E-state index contributed by atoms with van der Waals surface area (Å²) in [5.74, 6) is -2.35. The first-order chi connectivity index (χ1) is 11.0. The molecule has 120 valence electrons. The third-order valence-electron chi connectivity index (χ3n) is 4.26. The van der Waals surface area contributed by atoms with Gasteiger partial charge < -0.3 is 0 Å². The van der Waals surface area contributed by atoms with Crippen LogP contribution >= 0.6 is 0 Å². The zero-order chi connectivity index (χ0) is 16.4. The summed E-state index contributed by atoms with van der Waals surface area (Å²) in [5.41, 5.74) is 1.54. The maximum absolute atomic E-state index is 13.4. The van der Waals surface area contributed by atoms with Gasteiger partial charge in [-0.1, -0.05) is 36.4 Å². The molecule has 2 unspecified atom stereocenters. The van der Waals surface area contributed by atoms with E-state index in [0.717, 1.165) is 17.7 Å². The topological polar surface area (TPSA) is 46.4 Å². The van der Waals surface area contributed by atoms with Crippen LogP contribution in [0.3, 0.4) is 0 Å². The van der Waals surface area contributed by atoms with E-state index in [2.05, 4.69) is 0 Å². The van der Waals surface area contributed by atoms with Crippen LogP contribution in [0.4, 0.5) is 8.78 Å². The molecule has 1 heterocycles. The quantitative estimate of drug-likeness (QED) is 0.642. The average molecular weight is 318 g/mol. The Labute approximate surface area is 132 Å². The second kappa shape index (κ2) is 6.42. The number of hydrogen-bond acceptors (Lipinski definition) is 3. The molecule has 1 fully saturated rings. The minimum Gasteiger partial charge on any atom is -0.292 e. The SMILES string of the molecule is O=[N+]([O-])C1CN(Cc2ccccc2)CC1c1ccc(F)c(F)c1. The van der Waals surface area contributed by atoms with Gasteiger partial charge in [0.05, 0.1) is 12.5 Å². The monoisotopic (exact) mass is 318 g/mol. The molecule has 1 aliphatic rings. The number of nitro groups is 1. The van der Waals surface area contributed by atoms with Crippen LogP contribution in [0.2, 0.25) is 0 Å². The minimum absolute atomic E-state index is 0.297. The van der Waals surface area contributed by atoms with E-state index in [-0.39, 0.29) is 4.92 Å². The van der Waals surface area contributed by atoms with Crippen molar-refractivity contribution in [2.45, 2.75) is 18.5 Å². The van der Waals surface area contributed by atoms with Crippen LogP contribution in [0.1, 0.15) is 17.0 Å². The molecule has 0 saturated carbocycles.